The summed E-state index contributed by atoms with van der Waals surface area (Å²) >= 11 is 0. The SMILES string of the molecule is CCCCC(=O)/C=C/[n+]1ccccc1. The quantitative estimate of drug-likeness (QED) is 0.515. The summed E-state index contributed by atoms with van der Waals surface area (Å²) in [6.07, 6.45) is 9.93. The fraction of sp³-hybridized carbons (Fsp3) is 0.333. The molecule has 0 fully saturated rings. The molecule has 0 aliphatic carbocycles. The summed E-state index contributed by atoms with van der Waals surface area (Å²) in [5, 5.41) is 0. The minimum Gasteiger partial charge on any atom is -0.295 e. The van der Waals surface area contributed by atoms with Crippen molar-refractivity contribution in [2.24, 2.45) is 0 Å². The highest BCUT2D eigenvalue weighted by Gasteiger charge is 1.97. The van der Waals surface area contributed by atoms with Gasteiger partial charge in [-0.25, -0.2) is 0 Å². The maximum Gasteiger partial charge on any atom is 0.178 e. The molecule has 0 saturated carbocycles. The zero-order valence-corrected chi connectivity index (χ0v) is 8.52. The van der Waals surface area contributed by atoms with Crippen LogP contribution in [0.15, 0.2) is 36.7 Å². The fourth-order valence-electron chi connectivity index (χ4n) is 1.11. The molecule has 0 aromatic carbocycles. The number of aromatic nitrogens is 1. The van der Waals surface area contributed by atoms with Gasteiger partial charge < -0.3 is 0 Å². The number of unbranched alkanes of at least 4 members (excludes halogenated alkanes) is 1. The van der Waals surface area contributed by atoms with Crippen LogP contribution in [0.4, 0.5) is 0 Å². The molecule has 0 bridgehead atoms. The maximum absolute atomic E-state index is 11.3. The van der Waals surface area contributed by atoms with E-state index in [1.807, 2.05) is 35.2 Å². The molecule has 2 nitrogen and oxygen atoms in total. The topological polar surface area (TPSA) is 20.9 Å². The van der Waals surface area contributed by atoms with Crippen LogP contribution in [0.5, 0.6) is 0 Å². The van der Waals surface area contributed by atoms with Crippen molar-refractivity contribution in [3.05, 3.63) is 36.7 Å². The summed E-state index contributed by atoms with van der Waals surface area (Å²) in [7, 11) is 0. The third-order valence-electron chi connectivity index (χ3n) is 1.95. The first kappa shape index (κ1) is 10.6. The minimum atomic E-state index is 0.197. The molecule has 1 heterocycles. The lowest BCUT2D eigenvalue weighted by molar-refractivity contribution is -0.568. The van der Waals surface area contributed by atoms with Crippen LogP contribution in [0, 0.1) is 0 Å². The Morgan fingerprint density at radius 2 is 2.00 bits per heavy atom. The van der Waals surface area contributed by atoms with Crippen LogP contribution in [0.1, 0.15) is 26.2 Å². The Morgan fingerprint density at radius 1 is 1.29 bits per heavy atom. The first-order chi connectivity index (χ1) is 6.83. The molecule has 0 N–H and O–H groups in total. The second-order valence-corrected chi connectivity index (χ2v) is 3.21. The Hall–Kier alpha value is -1.44. The summed E-state index contributed by atoms with van der Waals surface area (Å²) in [6, 6.07) is 5.81. The van der Waals surface area contributed by atoms with E-state index in [1.165, 1.54) is 0 Å². The lowest BCUT2D eigenvalue weighted by Crippen LogP contribution is -2.23. The summed E-state index contributed by atoms with van der Waals surface area (Å²) in [5.41, 5.74) is 0. The number of carbonyl (C=O) groups excluding carboxylic acids is 1. The van der Waals surface area contributed by atoms with Crippen LogP contribution in [-0.4, -0.2) is 5.78 Å². The van der Waals surface area contributed by atoms with Gasteiger partial charge >= 0.3 is 0 Å². The van der Waals surface area contributed by atoms with E-state index in [1.54, 1.807) is 12.3 Å². The first-order valence-corrected chi connectivity index (χ1v) is 4.99. The average Bonchev–Trinajstić information content (AvgIpc) is 2.25. The van der Waals surface area contributed by atoms with Gasteiger partial charge in [-0.1, -0.05) is 19.4 Å². The van der Waals surface area contributed by atoms with Crippen molar-refractivity contribution in [1.82, 2.24) is 0 Å². The van der Waals surface area contributed by atoms with Gasteiger partial charge in [-0.15, -0.1) is 0 Å². The molecule has 2 heteroatoms. The Bertz CT molecular complexity index is 303. The molecular weight excluding hydrogens is 174 g/mol. The maximum atomic E-state index is 11.3. The van der Waals surface area contributed by atoms with Crippen molar-refractivity contribution < 1.29 is 9.36 Å². The van der Waals surface area contributed by atoms with Crippen LogP contribution < -0.4 is 4.57 Å². The second-order valence-electron chi connectivity index (χ2n) is 3.21. The molecule has 1 aromatic rings. The third kappa shape index (κ3) is 3.99. The minimum absolute atomic E-state index is 0.197. The number of ketones is 1. The van der Waals surface area contributed by atoms with Crippen molar-refractivity contribution in [3.63, 3.8) is 0 Å². The van der Waals surface area contributed by atoms with E-state index in [9.17, 15) is 4.79 Å². The van der Waals surface area contributed by atoms with Crippen LogP contribution in [0.2, 0.25) is 0 Å². The number of allylic oxidation sites excluding steroid dienone is 1. The molecule has 0 atom stereocenters. The fourth-order valence-corrected chi connectivity index (χ4v) is 1.11. The van der Waals surface area contributed by atoms with Crippen molar-refractivity contribution in [2.75, 3.05) is 0 Å². The van der Waals surface area contributed by atoms with Gasteiger partial charge in [-0.3, -0.25) is 4.79 Å². The largest absolute Gasteiger partial charge is 0.295 e. The van der Waals surface area contributed by atoms with Crippen molar-refractivity contribution >= 4 is 12.0 Å². The first-order valence-electron chi connectivity index (χ1n) is 4.99. The van der Waals surface area contributed by atoms with Gasteiger partial charge in [0.15, 0.2) is 24.4 Å². The summed E-state index contributed by atoms with van der Waals surface area (Å²) in [6.45, 7) is 2.09. The number of rotatable bonds is 5. The van der Waals surface area contributed by atoms with Crippen LogP contribution >= 0.6 is 0 Å². The van der Waals surface area contributed by atoms with Crippen LogP contribution in [0.25, 0.3) is 6.20 Å². The molecule has 14 heavy (non-hydrogen) atoms. The van der Waals surface area contributed by atoms with Gasteiger partial charge in [0.05, 0.1) is 0 Å². The lowest BCUT2D eigenvalue weighted by atomic mass is 10.2. The molecule has 1 aromatic heterocycles. The van der Waals surface area contributed by atoms with Gasteiger partial charge in [0, 0.05) is 24.6 Å². The highest BCUT2D eigenvalue weighted by Crippen LogP contribution is 1.95. The predicted octanol–water partition coefficient (Wildman–Crippen LogP) is 2.20. The summed E-state index contributed by atoms with van der Waals surface area (Å²) < 4.78 is 1.86. The predicted molar refractivity (Wildman–Crippen MR) is 56.5 cm³/mol. The Labute approximate surface area is 84.9 Å². The van der Waals surface area contributed by atoms with Gasteiger partial charge in [-0.05, 0) is 6.42 Å². The number of nitrogens with zero attached hydrogens (tertiary/aromatic N) is 1. The van der Waals surface area contributed by atoms with Crippen molar-refractivity contribution in [3.8, 4) is 0 Å². The van der Waals surface area contributed by atoms with Crippen LogP contribution in [0.3, 0.4) is 0 Å². The molecule has 1 rings (SSSR count). The smallest absolute Gasteiger partial charge is 0.178 e. The molecule has 74 valence electrons. The Balaban J connectivity index is 2.44. The number of pyridine rings is 1. The van der Waals surface area contributed by atoms with E-state index >= 15 is 0 Å². The standard InChI is InChI=1S/C12H16NO/c1-2-3-7-12(14)8-11-13-9-5-4-6-10-13/h4-6,8-11H,2-3,7H2,1H3/q+1/b11-8+. The Kier molecular flexibility index (Phi) is 4.62. The van der Waals surface area contributed by atoms with Crippen molar-refractivity contribution in [2.45, 2.75) is 26.2 Å². The molecular formula is C12H16NO+. The molecule has 0 amide bonds. The van der Waals surface area contributed by atoms with Crippen molar-refractivity contribution in [1.29, 1.82) is 0 Å². The normalized spacial score (nSPS) is 10.6. The zero-order valence-electron chi connectivity index (χ0n) is 8.52. The summed E-state index contributed by atoms with van der Waals surface area (Å²) in [4.78, 5) is 11.3. The van der Waals surface area contributed by atoms with E-state index < -0.39 is 0 Å². The highest BCUT2D eigenvalue weighted by atomic mass is 16.1. The molecule has 0 saturated heterocycles. The van der Waals surface area contributed by atoms with E-state index in [2.05, 4.69) is 6.92 Å². The molecule has 0 unspecified atom stereocenters. The molecule has 0 radical (unpaired) electrons. The van der Waals surface area contributed by atoms with E-state index in [0.29, 0.717) is 6.42 Å². The zero-order chi connectivity index (χ0) is 10.2. The van der Waals surface area contributed by atoms with E-state index in [4.69, 9.17) is 0 Å². The van der Waals surface area contributed by atoms with Crippen LogP contribution in [-0.2, 0) is 4.79 Å². The van der Waals surface area contributed by atoms with Gasteiger partial charge in [0.25, 0.3) is 0 Å². The van der Waals surface area contributed by atoms with E-state index in [-0.39, 0.29) is 5.78 Å². The van der Waals surface area contributed by atoms with Gasteiger partial charge in [0.1, 0.15) is 0 Å². The summed E-state index contributed by atoms with van der Waals surface area (Å²) in [5.74, 6) is 0.197. The molecule has 0 aliphatic rings. The molecule has 0 aliphatic heterocycles. The average molecular weight is 190 g/mol. The van der Waals surface area contributed by atoms with Gasteiger partial charge in [-0.2, -0.15) is 4.57 Å². The number of carbonyl (C=O) groups is 1. The Morgan fingerprint density at radius 3 is 2.64 bits per heavy atom. The van der Waals surface area contributed by atoms with Gasteiger partial charge in [0.2, 0.25) is 0 Å². The monoisotopic (exact) mass is 190 g/mol. The lowest BCUT2D eigenvalue weighted by Gasteiger charge is -1.90. The molecule has 0 spiro atoms. The second kappa shape index (κ2) is 6.08. The third-order valence-corrected chi connectivity index (χ3v) is 1.95. The number of hydrogen-bond acceptors (Lipinski definition) is 1. The van der Waals surface area contributed by atoms with E-state index in [0.717, 1.165) is 12.8 Å². The number of hydrogen-bond donors (Lipinski definition) is 0. The highest BCUT2D eigenvalue weighted by molar-refractivity contribution is 5.91.